The molecule has 5 rings (SSSR count). The van der Waals surface area contributed by atoms with Crippen LogP contribution in [-0.4, -0.2) is 28.7 Å². The van der Waals surface area contributed by atoms with Crippen molar-refractivity contribution in [2.24, 2.45) is 23.7 Å². The molecule has 3 fully saturated rings. The number of amides is 2. The van der Waals surface area contributed by atoms with Gasteiger partial charge in [-0.15, -0.1) is 0 Å². The molecule has 2 aromatic rings. The molecule has 2 N–H and O–H groups in total. The van der Waals surface area contributed by atoms with Crippen LogP contribution in [-0.2, 0) is 14.3 Å². The van der Waals surface area contributed by atoms with Crippen molar-refractivity contribution >= 4 is 56.7 Å². The van der Waals surface area contributed by atoms with E-state index in [0.717, 1.165) is 6.42 Å². The standard InChI is InChI=1S/C22H18BrClN2O4/c23-18-14-9-15-17(22(29)30-19(15)18)16(14)21(28)26-12-5-1-10(2-6-12)20(27)25-13-7-3-11(24)4-8-13/h1-8,14-19H,9H2,(H,25,27)(H,26,28)/t14-,15-,16-,17+,18+,19+/m1/s1. The second-order valence-corrected chi connectivity index (χ2v) is 9.48. The molecule has 154 valence electrons. The first-order valence-electron chi connectivity index (χ1n) is 9.75. The van der Waals surface area contributed by atoms with Crippen LogP contribution in [0.15, 0.2) is 48.5 Å². The third-order valence-electron chi connectivity index (χ3n) is 6.34. The quantitative estimate of drug-likeness (QED) is 0.500. The lowest BCUT2D eigenvalue weighted by Gasteiger charge is -2.27. The van der Waals surface area contributed by atoms with Gasteiger partial charge in [-0.25, -0.2) is 0 Å². The van der Waals surface area contributed by atoms with Crippen molar-refractivity contribution in [1.29, 1.82) is 0 Å². The highest BCUT2D eigenvalue weighted by atomic mass is 79.9. The summed E-state index contributed by atoms with van der Waals surface area (Å²) in [4.78, 5) is 37.6. The molecule has 0 aromatic heterocycles. The fourth-order valence-corrected chi connectivity index (χ4v) is 6.17. The zero-order valence-corrected chi connectivity index (χ0v) is 18.0. The number of carbonyl (C=O) groups excluding carboxylic acids is 3. The molecule has 1 heterocycles. The zero-order chi connectivity index (χ0) is 21.0. The minimum absolute atomic E-state index is 0.0277. The Kier molecular flexibility index (Phi) is 4.82. The lowest BCUT2D eigenvalue weighted by Crippen LogP contribution is -2.40. The van der Waals surface area contributed by atoms with Crippen LogP contribution in [0.3, 0.4) is 0 Å². The van der Waals surface area contributed by atoms with Gasteiger partial charge in [-0.05, 0) is 60.9 Å². The molecule has 2 amide bonds. The van der Waals surface area contributed by atoms with E-state index >= 15 is 0 Å². The number of halogens is 2. The van der Waals surface area contributed by atoms with Gasteiger partial charge in [0.05, 0.1) is 16.7 Å². The molecule has 30 heavy (non-hydrogen) atoms. The number of benzene rings is 2. The molecule has 6 atom stereocenters. The van der Waals surface area contributed by atoms with Crippen LogP contribution in [0.5, 0.6) is 0 Å². The molecule has 2 bridgehead atoms. The van der Waals surface area contributed by atoms with Gasteiger partial charge >= 0.3 is 5.97 Å². The number of rotatable bonds is 4. The smallest absolute Gasteiger partial charge is 0.310 e. The Balaban J connectivity index is 1.25. The fraction of sp³-hybridized carbons (Fsp3) is 0.318. The Bertz CT molecular complexity index is 1030. The lowest BCUT2D eigenvalue weighted by molar-refractivity contribution is -0.145. The van der Waals surface area contributed by atoms with Crippen molar-refractivity contribution in [2.75, 3.05) is 10.6 Å². The maximum absolute atomic E-state index is 12.9. The molecule has 1 saturated heterocycles. The predicted octanol–water partition coefficient (Wildman–Crippen LogP) is 4.10. The molecule has 2 aliphatic carbocycles. The number of fused-ring (bicyclic) bond motifs is 1. The Morgan fingerprint density at radius 3 is 2.30 bits per heavy atom. The minimum atomic E-state index is -0.390. The van der Waals surface area contributed by atoms with E-state index in [2.05, 4.69) is 26.6 Å². The van der Waals surface area contributed by atoms with Crippen LogP contribution >= 0.6 is 27.5 Å². The van der Waals surface area contributed by atoms with Gasteiger partial charge in [0, 0.05) is 27.9 Å². The molecule has 8 heteroatoms. The zero-order valence-electron chi connectivity index (χ0n) is 15.7. The summed E-state index contributed by atoms with van der Waals surface area (Å²) in [6, 6.07) is 13.5. The summed E-state index contributed by atoms with van der Waals surface area (Å²) in [5.74, 6) is -1.21. The Hall–Kier alpha value is -2.38. The van der Waals surface area contributed by atoms with Crippen LogP contribution in [0.1, 0.15) is 16.8 Å². The second-order valence-electron chi connectivity index (χ2n) is 7.99. The van der Waals surface area contributed by atoms with Gasteiger partial charge in [-0.1, -0.05) is 27.5 Å². The first-order chi connectivity index (χ1) is 14.4. The summed E-state index contributed by atoms with van der Waals surface area (Å²) in [7, 11) is 0. The molecule has 0 radical (unpaired) electrons. The maximum Gasteiger partial charge on any atom is 0.310 e. The third kappa shape index (κ3) is 3.20. The molecule has 2 aromatic carbocycles. The van der Waals surface area contributed by atoms with Gasteiger partial charge in [0.15, 0.2) is 0 Å². The average molecular weight is 490 g/mol. The van der Waals surface area contributed by atoms with E-state index in [0.29, 0.717) is 22.0 Å². The summed E-state index contributed by atoms with van der Waals surface area (Å²) < 4.78 is 5.46. The molecule has 3 aliphatic rings. The summed E-state index contributed by atoms with van der Waals surface area (Å²) >= 11 is 9.47. The van der Waals surface area contributed by atoms with Gasteiger partial charge in [0.1, 0.15) is 6.10 Å². The molecular weight excluding hydrogens is 472 g/mol. The van der Waals surface area contributed by atoms with E-state index in [4.69, 9.17) is 16.3 Å². The SMILES string of the molecule is O=C(Nc1ccc(Cl)cc1)c1ccc(NC(=O)[C@@H]2[C@H]3C[C@H]4[C@H](OC(=O)[C@@H]42)[C@H]3Br)cc1. The topological polar surface area (TPSA) is 84.5 Å². The number of anilines is 2. The van der Waals surface area contributed by atoms with Crippen molar-refractivity contribution in [2.45, 2.75) is 17.4 Å². The fourth-order valence-electron chi connectivity index (χ4n) is 5.00. The van der Waals surface area contributed by atoms with E-state index in [1.807, 2.05) is 0 Å². The van der Waals surface area contributed by atoms with E-state index in [-0.39, 0.29) is 46.5 Å². The third-order valence-corrected chi connectivity index (χ3v) is 7.79. The Morgan fingerprint density at radius 2 is 1.60 bits per heavy atom. The minimum Gasteiger partial charge on any atom is -0.461 e. The van der Waals surface area contributed by atoms with E-state index < -0.39 is 5.92 Å². The van der Waals surface area contributed by atoms with Crippen molar-refractivity contribution in [3.63, 3.8) is 0 Å². The number of alkyl halides is 1. The largest absolute Gasteiger partial charge is 0.461 e. The average Bonchev–Trinajstić information content (AvgIpc) is 3.34. The molecule has 0 unspecified atom stereocenters. The molecular formula is C22H18BrClN2O4. The highest BCUT2D eigenvalue weighted by Gasteiger charge is 2.67. The summed E-state index contributed by atoms with van der Waals surface area (Å²) in [6.07, 6.45) is 0.730. The van der Waals surface area contributed by atoms with Crippen LogP contribution in [0.25, 0.3) is 0 Å². The summed E-state index contributed by atoms with van der Waals surface area (Å²) in [5.41, 5.74) is 1.69. The maximum atomic E-state index is 12.9. The van der Waals surface area contributed by atoms with Gasteiger partial charge in [0.2, 0.25) is 5.91 Å². The highest BCUT2D eigenvalue weighted by Crippen LogP contribution is 2.60. The number of nitrogens with one attached hydrogen (secondary N) is 2. The first kappa shape index (κ1) is 19.6. The number of hydrogen-bond donors (Lipinski definition) is 2. The van der Waals surface area contributed by atoms with E-state index in [1.165, 1.54) is 0 Å². The van der Waals surface area contributed by atoms with Crippen LogP contribution in [0.2, 0.25) is 5.02 Å². The molecule has 1 aliphatic heterocycles. The van der Waals surface area contributed by atoms with Crippen molar-refractivity contribution in [1.82, 2.24) is 0 Å². The number of esters is 1. The van der Waals surface area contributed by atoms with E-state index in [9.17, 15) is 14.4 Å². The van der Waals surface area contributed by atoms with Gasteiger partial charge in [-0.2, -0.15) is 0 Å². The number of ether oxygens (including phenoxy) is 1. The highest BCUT2D eigenvalue weighted by molar-refractivity contribution is 9.09. The van der Waals surface area contributed by atoms with Crippen molar-refractivity contribution in [3.05, 3.63) is 59.1 Å². The lowest BCUT2D eigenvalue weighted by atomic mass is 9.79. The molecule has 2 saturated carbocycles. The van der Waals surface area contributed by atoms with E-state index in [1.54, 1.807) is 48.5 Å². The first-order valence-corrected chi connectivity index (χ1v) is 11.0. The molecule has 0 spiro atoms. The predicted molar refractivity (Wildman–Crippen MR) is 116 cm³/mol. The van der Waals surface area contributed by atoms with Gasteiger partial charge in [-0.3, -0.25) is 14.4 Å². The van der Waals surface area contributed by atoms with Gasteiger partial charge < -0.3 is 15.4 Å². The van der Waals surface area contributed by atoms with Crippen LogP contribution in [0, 0.1) is 23.7 Å². The Morgan fingerprint density at radius 1 is 0.967 bits per heavy atom. The van der Waals surface area contributed by atoms with Crippen LogP contribution in [0.4, 0.5) is 11.4 Å². The summed E-state index contributed by atoms with van der Waals surface area (Å²) in [6.45, 7) is 0. The molecule has 6 nitrogen and oxygen atoms in total. The van der Waals surface area contributed by atoms with Gasteiger partial charge in [0.25, 0.3) is 5.91 Å². The monoisotopic (exact) mass is 488 g/mol. The number of hydrogen-bond acceptors (Lipinski definition) is 4. The Labute approximate surface area is 186 Å². The summed E-state index contributed by atoms with van der Waals surface area (Å²) in [5, 5.41) is 6.29. The second kappa shape index (κ2) is 7.39. The normalized spacial score (nSPS) is 30.8. The van der Waals surface area contributed by atoms with Crippen molar-refractivity contribution in [3.8, 4) is 0 Å². The van der Waals surface area contributed by atoms with Crippen LogP contribution < -0.4 is 10.6 Å². The number of carbonyl (C=O) groups is 3. The van der Waals surface area contributed by atoms with Crippen molar-refractivity contribution < 1.29 is 19.1 Å².